The second-order valence-electron chi connectivity index (χ2n) is 4.78. The van der Waals surface area contributed by atoms with Crippen LogP contribution in [0.15, 0.2) is 44.1 Å². The van der Waals surface area contributed by atoms with Gasteiger partial charge in [0.2, 0.25) is 5.91 Å². The Morgan fingerprint density at radius 1 is 1.41 bits per heavy atom. The molecule has 0 aromatic carbocycles. The molecule has 0 spiro atoms. The molecule has 22 heavy (non-hydrogen) atoms. The maximum Gasteiger partial charge on any atom is 0.228 e. The number of carbonyl (C=O) groups excluding carboxylic acids is 1. The van der Waals surface area contributed by atoms with E-state index in [1.54, 1.807) is 40.9 Å². The van der Waals surface area contributed by atoms with Gasteiger partial charge in [-0.3, -0.25) is 4.79 Å². The lowest BCUT2D eigenvalue weighted by Crippen LogP contribution is -2.27. The molecule has 7 heteroatoms. The molecule has 3 aromatic rings. The number of furan rings is 1. The van der Waals surface area contributed by atoms with Gasteiger partial charge in [0.1, 0.15) is 10.8 Å². The Hall–Kier alpha value is -1.44. The van der Waals surface area contributed by atoms with Crippen LogP contribution in [0.3, 0.4) is 0 Å². The highest BCUT2D eigenvalue weighted by molar-refractivity contribution is 9.10. The molecule has 0 bridgehead atoms. The fourth-order valence-electron chi connectivity index (χ4n) is 1.94. The van der Waals surface area contributed by atoms with E-state index in [4.69, 9.17) is 4.42 Å². The highest BCUT2D eigenvalue weighted by Gasteiger charge is 2.14. The first-order valence-corrected chi connectivity index (χ1v) is 9.12. The lowest BCUT2D eigenvalue weighted by atomic mass is 10.3. The van der Waals surface area contributed by atoms with Crippen molar-refractivity contribution in [2.75, 3.05) is 7.05 Å². The average Bonchev–Trinajstić information content (AvgIpc) is 3.20. The van der Waals surface area contributed by atoms with Crippen LogP contribution in [0.25, 0.3) is 9.88 Å². The van der Waals surface area contributed by atoms with Gasteiger partial charge in [0.15, 0.2) is 0 Å². The molecular formula is C15H13BrN2O2S2. The summed E-state index contributed by atoms with van der Waals surface area (Å²) in [5.41, 5.74) is 0.806. The van der Waals surface area contributed by atoms with E-state index >= 15 is 0 Å². The molecule has 0 unspecified atom stereocenters. The summed E-state index contributed by atoms with van der Waals surface area (Å²) in [5, 5.41) is 4.92. The number of rotatable bonds is 5. The average molecular weight is 397 g/mol. The summed E-state index contributed by atoms with van der Waals surface area (Å²) in [4.78, 5) is 19.5. The molecule has 4 nitrogen and oxygen atoms in total. The van der Waals surface area contributed by atoms with E-state index in [9.17, 15) is 4.79 Å². The van der Waals surface area contributed by atoms with Gasteiger partial charge in [-0.15, -0.1) is 22.7 Å². The molecule has 0 N–H and O–H groups in total. The van der Waals surface area contributed by atoms with E-state index in [1.165, 1.54) is 0 Å². The molecule has 0 aliphatic heterocycles. The molecule has 3 heterocycles. The van der Waals surface area contributed by atoms with Crippen molar-refractivity contribution in [3.05, 3.63) is 51.1 Å². The van der Waals surface area contributed by atoms with Crippen molar-refractivity contribution < 1.29 is 9.21 Å². The molecule has 0 radical (unpaired) electrons. The number of likely N-dealkylation sites (N-methyl/N-ethyl adjacent to an activating group) is 1. The minimum atomic E-state index is 0.0283. The van der Waals surface area contributed by atoms with Crippen LogP contribution in [0, 0.1) is 0 Å². The van der Waals surface area contributed by atoms with Gasteiger partial charge in [0.25, 0.3) is 0 Å². The maximum atomic E-state index is 12.2. The van der Waals surface area contributed by atoms with Crippen LogP contribution < -0.4 is 0 Å². The van der Waals surface area contributed by atoms with Gasteiger partial charge >= 0.3 is 0 Å². The Bertz CT molecular complexity index is 764. The number of hydrogen-bond acceptors (Lipinski definition) is 5. The van der Waals surface area contributed by atoms with Crippen LogP contribution >= 0.6 is 38.6 Å². The molecule has 0 atom stereocenters. The number of thiophene rings is 1. The zero-order chi connectivity index (χ0) is 15.5. The number of carbonyl (C=O) groups is 1. The lowest BCUT2D eigenvalue weighted by Gasteiger charge is -2.14. The Labute approximate surface area is 144 Å². The summed E-state index contributed by atoms with van der Waals surface area (Å²) in [6.07, 6.45) is 1.92. The van der Waals surface area contributed by atoms with E-state index in [0.29, 0.717) is 13.0 Å². The van der Waals surface area contributed by atoms with Crippen molar-refractivity contribution in [1.29, 1.82) is 0 Å². The van der Waals surface area contributed by atoms with Crippen molar-refractivity contribution >= 4 is 44.5 Å². The lowest BCUT2D eigenvalue weighted by molar-refractivity contribution is -0.129. The SMILES string of the molecule is CN(Cc1ccco1)C(=O)Cc1csc(-c2cc(Br)cs2)n1. The molecule has 3 aromatic heterocycles. The van der Waals surface area contributed by atoms with E-state index in [2.05, 4.69) is 20.9 Å². The molecule has 0 saturated carbocycles. The number of hydrogen-bond donors (Lipinski definition) is 0. The van der Waals surface area contributed by atoms with E-state index in [-0.39, 0.29) is 5.91 Å². The smallest absolute Gasteiger partial charge is 0.228 e. The summed E-state index contributed by atoms with van der Waals surface area (Å²) < 4.78 is 6.31. The Morgan fingerprint density at radius 3 is 2.95 bits per heavy atom. The van der Waals surface area contributed by atoms with Crippen LogP contribution in [-0.2, 0) is 17.8 Å². The minimum Gasteiger partial charge on any atom is -0.467 e. The minimum absolute atomic E-state index is 0.0283. The highest BCUT2D eigenvalue weighted by Crippen LogP contribution is 2.32. The zero-order valence-electron chi connectivity index (χ0n) is 11.8. The van der Waals surface area contributed by atoms with Gasteiger partial charge in [0.05, 0.1) is 29.8 Å². The van der Waals surface area contributed by atoms with Crippen molar-refractivity contribution in [2.24, 2.45) is 0 Å². The third-order valence-corrected chi connectivity index (χ3v) is 5.81. The monoisotopic (exact) mass is 396 g/mol. The molecule has 0 aliphatic carbocycles. The maximum absolute atomic E-state index is 12.2. The molecular weight excluding hydrogens is 384 g/mol. The van der Waals surface area contributed by atoms with Crippen molar-refractivity contribution in [1.82, 2.24) is 9.88 Å². The second kappa shape index (κ2) is 6.76. The normalized spacial score (nSPS) is 10.8. The first-order valence-electron chi connectivity index (χ1n) is 6.57. The second-order valence-corrected chi connectivity index (χ2v) is 7.46. The summed E-state index contributed by atoms with van der Waals surface area (Å²) >= 11 is 6.64. The van der Waals surface area contributed by atoms with Crippen LogP contribution in [-0.4, -0.2) is 22.8 Å². The number of halogens is 1. The van der Waals surface area contributed by atoms with Crippen LogP contribution in [0.1, 0.15) is 11.5 Å². The topological polar surface area (TPSA) is 46.3 Å². The summed E-state index contributed by atoms with van der Waals surface area (Å²) in [6, 6.07) is 5.72. The predicted octanol–water partition coefficient (Wildman–Crippen LogP) is 4.43. The van der Waals surface area contributed by atoms with E-state index in [1.807, 2.05) is 29.0 Å². The largest absolute Gasteiger partial charge is 0.467 e. The molecule has 0 saturated heterocycles. The van der Waals surface area contributed by atoms with Gasteiger partial charge in [-0.05, 0) is 34.1 Å². The zero-order valence-corrected chi connectivity index (χ0v) is 15.0. The Morgan fingerprint density at radius 2 is 2.27 bits per heavy atom. The van der Waals surface area contributed by atoms with Crippen LogP contribution in [0.4, 0.5) is 0 Å². The first kappa shape index (κ1) is 15.5. The van der Waals surface area contributed by atoms with Gasteiger partial charge in [-0.25, -0.2) is 4.98 Å². The van der Waals surface area contributed by atoms with Gasteiger partial charge in [-0.2, -0.15) is 0 Å². The van der Waals surface area contributed by atoms with Gasteiger partial charge in [0, 0.05) is 22.3 Å². The van der Waals surface area contributed by atoms with Crippen LogP contribution in [0.5, 0.6) is 0 Å². The highest BCUT2D eigenvalue weighted by atomic mass is 79.9. The standard InChI is InChI=1S/C15H13BrN2O2S2/c1-18(7-12-3-2-4-20-12)14(19)6-11-9-22-15(17-11)13-5-10(16)8-21-13/h2-5,8-9H,6-7H2,1H3. The molecule has 1 amide bonds. The van der Waals surface area contributed by atoms with E-state index in [0.717, 1.165) is 25.8 Å². The third kappa shape index (κ3) is 3.66. The molecule has 3 rings (SSSR count). The number of thiazole rings is 1. The number of amides is 1. The number of nitrogens with zero attached hydrogens (tertiary/aromatic N) is 2. The number of aromatic nitrogens is 1. The Kier molecular flexibility index (Phi) is 4.75. The fraction of sp³-hybridized carbons (Fsp3) is 0.200. The Balaban J connectivity index is 1.63. The summed E-state index contributed by atoms with van der Waals surface area (Å²) in [6.45, 7) is 0.473. The summed E-state index contributed by atoms with van der Waals surface area (Å²) in [5.74, 6) is 0.805. The van der Waals surface area contributed by atoms with Crippen molar-refractivity contribution in [3.63, 3.8) is 0 Å². The molecule has 0 aliphatic rings. The quantitative estimate of drug-likeness (QED) is 0.640. The molecule has 114 valence electrons. The van der Waals surface area contributed by atoms with Crippen LogP contribution in [0.2, 0.25) is 0 Å². The first-order chi connectivity index (χ1) is 10.6. The van der Waals surface area contributed by atoms with Crippen molar-refractivity contribution in [2.45, 2.75) is 13.0 Å². The third-order valence-electron chi connectivity index (χ3n) is 3.06. The predicted molar refractivity (Wildman–Crippen MR) is 92.0 cm³/mol. The summed E-state index contributed by atoms with van der Waals surface area (Å²) in [7, 11) is 1.77. The van der Waals surface area contributed by atoms with Gasteiger partial charge in [-0.1, -0.05) is 0 Å². The fourth-order valence-corrected chi connectivity index (χ4v) is 4.27. The van der Waals surface area contributed by atoms with Crippen molar-refractivity contribution in [3.8, 4) is 9.88 Å². The van der Waals surface area contributed by atoms with Gasteiger partial charge < -0.3 is 9.32 Å². The molecule has 0 fully saturated rings. The van der Waals surface area contributed by atoms with E-state index < -0.39 is 0 Å².